The third kappa shape index (κ3) is 2.81. The van der Waals surface area contributed by atoms with Crippen molar-refractivity contribution in [2.24, 2.45) is 0 Å². The van der Waals surface area contributed by atoms with E-state index in [4.69, 9.17) is 4.74 Å². The van der Waals surface area contributed by atoms with Crippen LogP contribution in [0.2, 0.25) is 0 Å². The zero-order valence-electron chi connectivity index (χ0n) is 11.3. The average molecular weight is 284 g/mol. The molecule has 1 aromatic heterocycles. The van der Waals surface area contributed by atoms with Crippen molar-refractivity contribution in [1.82, 2.24) is 10.3 Å². The van der Waals surface area contributed by atoms with Crippen LogP contribution in [-0.2, 0) is 13.2 Å². The van der Waals surface area contributed by atoms with E-state index in [9.17, 15) is 0 Å². The van der Waals surface area contributed by atoms with Gasteiger partial charge in [-0.2, -0.15) is 0 Å². The van der Waals surface area contributed by atoms with Gasteiger partial charge in [-0.15, -0.1) is 11.3 Å². The van der Waals surface area contributed by atoms with Crippen molar-refractivity contribution in [1.29, 1.82) is 0 Å². The second-order valence-corrected chi connectivity index (χ2v) is 5.47. The lowest BCUT2D eigenvalue weighted by atomic mass is 10.1. The van der Waals surface area contributed by atoms with Crippen LogP contribution in [0.5, 0.6) is 5.75 Å². The summed E-state index contributed by atoms with van der Waals surface area (Å²) >= 11 is 1.66. The maximum absolute atomic E-state index is 5.92. The van der Waals surface area contributed by atoms with E-state index in [2.05, 4.69) is 33.9 Å². The zero-order chi connectivity index (χ0) is 13.8. The maximum atomic E-state index is 5.92. The van der Waals surface area contributed by atoms with Crippen molar-refractivity contribution in [3.63, 3.8) is 0 Å². The highest BCUT2D eigenvalue weighted by molar-refractivity contribution is 7.09. The number of hydrogen-bond donors (Lipinski definition) is 1. The molecule has 0 saturated heterocycles. The second kappa shape index (κ2) is 6.03. The van der Waals surface area contributed by atoms with Crippen LogP contribution in [0.25, 0.3) is 10.8 Å². The molecule has 0 saturated carbocycles. The highest BCUT2D eigenvalue weighted by atomic mass is 32.1. The van der Waals surface area contributed by atoms with Crippen molar-refractivity contribution >= 4 is 22.1 Å². The lowest BCUT2D eigenvalue weighted by molar-refractivity contribution is 0.305. The van der Waals surface area contributed by atoms with Crippen LogP contribution < -0.4 is 10.1 Å². The zero-order valence-corrected chi connectivity index (χ0v) is 12.1. The number of fused-ring (bicyclic) bond motifs is 1. The van der Waals surface area contributed by atoms with E-state index in [1.165, 1.54) is 5.39 Å². The molecule has 2 aromatic carbocycles. The van der Waals surface area contributed by atoms with Crippen molar-refractivity contribution < 1.29 is 4.74 Å². The monoisotopic (exact) mass is 284 g/mol. The summed E-state index contributed by atoms with van der Waals surface area (Å²) in [6.07, 6.45) is 0. The van der Waals surface area contributed by atoms with Gasteiger partial charge in [-0.3, -0.25) is 0 Å². The first kappa shape index (κ1) is 13.1. The van der Waals surface area contributed by atoms with Crippen LogP contribution in [0, 0.1) is 0 Å². The summed E-state index contributed by atoms with van der Waals surface area (Å²) < 4.78 is 5.92. The lowest BCUT2D eigenvalue weighted by Crippen LogP contribution is -2.05. The molecule has 0 atom stereocenters. The quantitative estimate of drug-likeness (QED) is 0.777. The van der Waals surface area contributed by atoms with Crippen molar-refractivity contribution in [3.05, 3.63) is 58.5 Å². The number of nitrogens with zero attached hydrogens (tertiary/aromatic N) is 1. The van der Waals surface area contributed by atoms with E-state index in [1.807, 2.05) is 31.3 Å². The molecule has 0 amide bonds. The molecular weight excluding hydrogens is 268 g/mol. The van der Waals surface area contributed by atoms with Crippen molar-refractivity contribution in [2.75, 3.05) is 7.05 Å². The molecule has 0 spiro atoms. The molecule has 1 heterocycles. The average Bonchev–Trinajstić information content (AvgIpc) is 2.93. The van der Waals surface area contributed by atoms with Gasteiger partial charge in [-0.05, 0) is 18.5 Å². The normalized spacial score (nSPS) is 10.8. The molecule has 0 unspecified atom stereocenters. The SMILES string of the molecule is CNCc1nc(COc2cccc3ccccc23)cs1. The number of aromatic nitrogens is 1. The largest absolute Gasteiger partial charge is 0.487 e. The molecule has 0 bridgehead atoms. The molecule has 0 aliphatic rings. The highest BCUT2D eigenvalue weighted by Crippen LogP contribution is 2.26. The van der Waals surface area contributed by atoms with E-state index in [0.29, 0.717) is 6.61 Å². The standard InChI is InChI=1S/C16H16N2OS/c1-17-9-16-18-13(11-20-16)10-19-15-8-4-6-12-5-2-3-7-14(12)15/h2-8,11,17H,9-10H2,1H3. The first-order valence-corrected chi connectivity index (χ1v) is 7.43. The van der Waals surface area contributed by atoms with Crippen LogP contribution in [0.15, 0.2) is 47.8 Å². The van der Waals surface area contributed by atoms with Crippen LogP contribution in [0.3, 0.4) is 0 Å². The molecule has 0 aliphatic heterocycles. The summed E-state index contributed by atoms with van der Waals surface area (Å²) in [5.41, 5.74) is 0.980. The van der Waals surface area contributed by atoms with Gasteiger partial charge in [0.05, 0.1) is 5.69 Å². The number of hydrogen-bond acceptors (Lipinski definition) is 4. The summed E-state index contributed by atoms with van der Waals surface area (Å²) in [6, 6.07) is 14.4. The van der Waals surface area contributed by atoms with Gasteiger partial charge in [0.2, 0.25) is 0 Å². The van der Waals surface area contributed by atoms with E-state index in [1.54, 1.807) is 11.3 Å². The molecule has 20 heavy (non-hydrogen) atoms. The van der Waals surface area contributed by atoms with Gasteiger partial charge in [-0.25, -0.2) is 4.98 Å². The molecule has 0 fully saturated rings. The minimum absolute atomic E-state index is 0.508. The maximum Gasteiger partial charge on any atom is 0.131 e. The molecule has 102 valence electrons. The molecule has 3 rings (SSSR count). The summed E-state index contributed by atoms with van der Waals surface area (Å²) in [6.45, 7) is 1.31. The number of thiazole rings is 1. The molecule has 1 N–H and O–H groups in total. The van der Waals surface area contributed by atoms with Gasteiger partial charge >= 0.3 is 0 Å². The predicted octanol–water partition coefficient (Wildman–Crippen LogP) is 3.59. The smallest absolute Gasteiger partial charge is 0.131 e. The van der Waals surface area contributed by atoms with Gasteiger partial charge in [0.25, 0.3) is 0 Å². The first-order valence-electron chi connectivity index (χ1n) is 6.55. The van der Waals surface area contributed by atoms with Crippen LogP contribution in [0.4, 0.5) is 0 Å². The number of ether oxygens (including phenoxy) is 1. The molecule has 4 heteroatoms. The van der Waals surface area contributed by atoms with E-state index < -0.39 is 0 Å². The van der Waals surface area contributed by atoms with Gasteiger partial charge in [-0.1, -0.05) is 36.4 Å². The van der Waals surface area contributed by atoms with Crippen LogP contribution in [-0.4, -0.2) is 12.0 Å². The Kier molecular flexibility index (Phi) is 3.95. The molecular formula is C16H16N2OS. The molecule has 3 aromatic rings. The van der Waals surface area contributed by atoms with Crippen molar-refractivity contribution in [2.45, 2.75) is 13.2 Å². The Labute approximate surface area is 122 Å². The minimum atomic E-state index is 0.508. The lowest BCUT2D eigenvalue weighted by Gasteiger charge is -2.07. The summed E-state index contributed by atoms with van der Waals surface area (Å²) in [7, 11) is 1.92. The Morgan fingerprint density at radius 3 is 2.90 bits per heavy atom. The molecule has 0 radical (unpaired) electrons. The van der Waals surface area contributed by atoms with Gasteiger partial charge in [0, 0.05) is 17.3 Å². The Hall–Kier alpha value is -1.91. The number of rotatable bonds is 5. The third-order valence-electron chi connectivity index (χ3n) is 3.05. The first-order chi connectivity index (χ1) is 9.86. The van der Waals surface area contributed by atoms with Gasteiger partial charge in [0.15, 0.2) is 0 Å². The fourth-order valence-corrected chi connectivity index (χ4v) is 2.91. The Balaban J connectivity index is 1.76. The van der Waals surface area contributed by atoms with E-state index in [-0.39, 0.29) is 0 Å². The fourth-order valence-electron chi connectivity index (χ4n) is 2.12. The fraction of sp³-hybridized carbons (Fsp3) is 0.188. The third-order valence-corrected chi connectivity index (χ3v) is 3.95. The summed E-state index contributed by atoms with van der Waals surface area (Å²) in [5, 5.41) is 8.58. The van der Waals surface area contributed by atoms with E-state index >= 15 is 0 Å². The number of benzene rings is 2. The van der Waals surface area contributed by atoms with Crippen LogP contribution in [0.1, 0.15) is 10.7 Å². The second-order valence-electron chi connectivity index (χ2n) is 4.53. The minimum Gasteiger partial charge on any atom is -0.487 e. The highest BCUT2D eigenvalue weighted by Gasteiger charge is 2.04. The molecule has 3 nitrogen and oxygen atoms in total. The number of nitrogens with one attached hydrogen (secondary N) is 1. The predicted molar refractivity (Wildman–Crippen MR) is 83.2 cm³/mol. The molecule has 0 aliphatic carbocycles. The Morgan fingerprint density at radius 2 is 2.00 bits per heavy atom. The van der Waals surface area contributed by atoms with Gasteiger partial charge in [0.1, 0.15) is 17.4 Å². The summed E-state index contributed by atoms with van der Waals surface area (Å²) in [5.74, 6) is 0.909. The Bertz CT molecular complexity index is 703. The van der Waals surface area contributed by atoms with E-state index in [0.717, 1.165) is 28.4 Å². The van der Waals surface area contributed by atoms with Crippen molar-refractivity contribution in [3.8, 4) is 5.75 Å². The van der Waals surface area contributed by atoms with Gasteiger partial charge < -0.3 is 10.1 Å². The summed E-state index contributed by atoms with van der Waals surface area (Å²) in [4.78, 5) is 4.53. The van der Waals surface area contributed by atoms with Crippen LogP contribution >= 0.6 is 11.3 Å². The Morgan fingerprint density at radius 1 is 1.15 bits per heavy atom. The topological polar surface area (TPSA) is 34.2 Å².